The molecule has 0 saturated carbocycles. The topological polar surface area (TPSA) is 94.1 Å². The Labute approximate surface area is 203 Å². The Morgan fingerprint density at radius 1 is 1.18 bits per heavy atom. The van der Waals surface area contributed by atoms with Crippen LogP contribution < -0.4 is 14.8 Å². The highest BCUT2D eigenvalue weighted by molar-refractivity contribution is 6.32. The molecule has 1 atom stereocenters. The summed E-state index contributed by atoms with van der Waals surface area (Å²) >= 11 is 6.26. The summed E-state index contributed by atoms with van der Waals surface area (Å²) in [6.45, 7) is 2.01. The van der Waals surface area contributed by atoms with Crippen LogP contribution in [0.1, 0.15) is 37.7 Å². The van der Waals surface area contributed by atoms with Gasteiger partial charge >= 0.3 is 5.97 Å². The molecule has 4 rings (SSSR count). The third kappa shape index (κ3) is 4.75. The summed E-state index contributed by atoms with van der Waals surface area (Å²) < 4.78 is 16.4. The maximum absolute atomic E-state index is 13.3. The maximum Gasteiger partial charge on any atom is 0.336 e. The first-order valence-corrected chi connectivity index (χ1v) is 11.4. The molecule has 2 N–H and O–H groups in total. The summed E-state index contributed by atoms with van der Waals surface area (Å²) in [6.07, 6.45) is 1.83. The monoisotopic (exact) mass is 483 g/mol. The number of ether oxygens (including phenoxy) is 3. The Bertz CT molecular complexity index is 1170. The fourth-order valence-corrected chi connectivity index (χ4v) is 4.61. The molecule has 0 radical (unpaired) electrons. The highest BCUT2D eigenvalue weighted by Crippen LogP contribution is 2.46. The maximum atomic E-state index is 13.3. The van der Waals surface area contributed by atoms with E-state index in [9.17, 15) is 14.7 Å². The quantitative estimate of drug-likeness (QED) is 0.437. The van der Waals surface area contributed by atoms with Gasteiger partial charge in [-0.1, -0.05) is 29.8 Å². The van der Waals surface area contributed by atoms with E-state index in [2.05, 4.69) is 5.32 Å². The molecule has 0 aromatic heterocycles. The van der Waals surface area contributed by atoms with E-state index in [0.29, 0.717) is 41.0 Å². The van der Waals surface area contributed by atoms with Crippen LogP contribution in [0.4, 0.5) is 0 Å². The number of Topliss-reactive ketones (excluding diaryl/α,β-unsaturated/α-hetero) is 1. The van der Waals surface area contributed by atoms with Crippen LogP contribution >= 0.6 is 11.6 Å². The van der Waals surface area contributed by atoms with E-state index >= 15 is 0 Å². The van der Waals surface area contributed by atoms with Gasteiger partial charge < -0.3 is 24.6 Å². The molecule has 0 spiro atoms. The van der Waals surface area contributed by atoms with Crippen LogP contribution in [0.15, 0.2) is 65.0 Å². The van der Waals surface area contributed by atoms with Gasteiger partial charge in [0.15, 0.2) is 17.3 Å². The number of halogens is 1. The number of rotatable bonds is 7. The third-order valence-electron chi connectivity index (χ3n) is 5.93. The van der Waals surface area contributed by atoms with Crippen LogP contribution in [0, 0.1) is 0 Å². The fourth-order valence-electron chi connectivity index (χ4n) is 4.39. The molecule has 0 fully saturated rings. The van der Waals surface area contributed by atoms with Gasteiger partial charge in [0, 0.05) is 29.3 Å². The summed E-state index contributed by atoms with van der Waals surface area (Å²) in [7, 11) is 1.41. The number of hydrogen-bond acceptors (Lipinski definition) is 7. The Balaban J connectivity index is 1.64. The average Bonchev–Trinajstić information content (AvgIpc) is 2.83. The van der Waals surface area contributed by atoms with E-state index in [1.54, 1.807) is 19.1 Å². The van der Waals surface area contributed by atoms with Crippen molar-refractivity contribution in [2.75, 3.05) is 20.3 Å². The molecule has 1 heterocycles. The molecule has 7 nitrogen and oxygen atoms in total. The lowest BCUT2D eigenvalue weighted by molar-refractivity contribution is -0.140. The largest absolute Gasteiger partial charge is 0.503 e. The number of phenolic OH excluding ortho intramolecular Hbond substituents is 1. The van der Waals surface area contributed by atoms with Crippen molar-refractivity contribution in [3.05, 3.63) is 75.6 Å². The van der Waals surface area contributed by atoms with Gasteiger partial charge in [0.25, 0.3) is 0 Å². The number of para-hydroxylation sites is 1. The zero-order valence-electron chi connectivity index (χ0n) is 19.0. The van der Waals surface area contributed by atoms with Gasteiger partial charge in [-0.25, -0.2) is 4.79 Å². The second-order valence-corrected chi connectivity index (χ2v) is 8.52. The molecular formula is C26H26ClNO6. The lowest BCUT2D eigenvalue weighted by Crippen LogP contribution is -2.34. The first kappa shape index (κ1) is 23.7. The normalized spacial score (nSPS) is 17.7. The van der Waals surface area contributed by atoms with E-state index in [0.717, 1.165) is 12.1 Å². The Morgan fingerprint density at radius 2 is 1.94 bits per heavy atom. The minimum Gasteiger partial charge on any atom is -0.503 e. The minimum absolute atomic E-state index is 0.0351. The van der Waals surface area contributed by atoms with Gasteiger partial charge in [-0.15, -0.1) is 0 Å². The number of phenols is 1. The lowest BCUT2D eigenvalue weighted by atomic mass is 9.75. The summed E-state index contributed by atoms with van der Waals surface area (Å²) in [5.41, 5.74) is 2.81. The van der Waals surface area contributed by atoms with E-state index in [1.807, 2.05) is 30.3 Å². The van der Waals surface area contributed by atoms with E-state index < -0.39 is 11.9 Å². The minimum atomic E-state index is -0.696. The molecule has 34 heavy (non-hydrogen) atoms. The van der Waals surface area contributed by atoms with E-state index in [1.165, 1.54) is 7.11 Å². The summed E-state index contributed by atoms with van der Waals surface area (Å²) in [5.74, 6) is -0.646. The zero-order chi connectivity index (χ0) is 24.2. The van der Waals surface area contributed by atoms with Crippen molar-refractivity contribution in [3.63, 3.8) is 0 Å². The van der Waals surface area contributed by atoms with Crippen molar-refractivity contribution >= 4 is 23.4 Å². The van der Waals surface area contributed by atoms with Crippen molar-refractivity contribution in [2.24, 2.45) is 0 Å². The number of carbonyl (C=O) groups is 2. The van der Waals surface area contributed by atoms with Gasteiger partial charge in [-0.2, -0.15) is 0 Å². The van der Waals surface area contributed by atoms with E-state index in [4.69, 9.17) is 25.8 Å². The lowest BCUT2D eigenvalue weighted by Gasteiger charge is -2.34. The van der Waals surface area contributed by atoms with Crippen LogP contribution in [0.25, 0.3) is 0 Å². The number of ketones is 1. The molecule has 2 aliphatic rings. The highest BCUT2D eigenvalue weighted by Gasteiger charge is 2.39. The average molecular weight is 484 g/mol. The number of aromatic hydroxyl groups is 1. The van der Waals surface area contributed by atoms with Crippen molar-refractivity contribution in [1.82, 2.24) is 5.32 Å². The Hall–Kier alpha value is -3.45. The second-order valence-electron chi connectivity index (χ2n) is 8.12. The number of nitrogens with one attached hydrogen (secondary N) is 1. The van der Waals surface area contributed by atoms with Gasteiger partial charge in [-0.3, -0.25) is 4.79 Å². The number of carbonyl (C=O) groups excluding carboxylic acids is 2. The molecule has 0 bridgehead atoms. The molecule has 2 aromatic carbocycles. The molecule has 0 amide bonds. The van der Waals surface area contributed by atoms with Gasteiger partial charge in [-0.05, 0) is 49.6 Å². The molecule has 2 aromatic rings. The van der Waals surface area contributed by atoms with Gasteiger partial charge in [0.05, 0.1) is 17.7 Å². The molecule has 1 aliphatic carbocycles. The predicted octanol–water partition coefficient (Wildman–Crippen LogP) is 4.64. The molecule has 1 aliphatic heterocycles. The highest BCUT2D eigenvalue weighted by atomic mass is 35.5. The van der Waals surface area contributed by atoms with Gasteiger partial charge in [0.1, 0.15) is 19.0 Å². The summed E-state index contributed by atoms with van der Waals surface area (Å²) in [6, 6.07) is 12.4. The van der Waals surface area contributed by atoms with Crippen LogP contribution in [-0.4, -0.2) is 37.2 Å². The van der Waals surface area contributed by atoms with Crippen molar-refractivity contribution < 1.29 is 28.9 Å². The fraction of sp³-hybridized carbons (Fsp3) is 0.308. The molecule has 8 heteroatoms. The molecular weight excluding hydrogens is 458 g/mol. The molecule has 178 valence electrons. The standard InChI is InChI=1S/C26H26ClNO6/c1-15-22(26(31)34-12-11-33-17-7-4-3-5-8-17)23(24-19(28-15)9-6-10-20(24)29)16-13-18(27)25(30)21(14-16)32-2/h3-5,7-8,13-14,23,28,30H,6,9-12H2,1-2H3/t23-/m1/s1. The van der Waals surface area contributed by atoms with Crippen molar-refractivity contribution in [2.45, 2.75) is 32.1 Å². The first-order valence-electron chi connectivity index (χ1n) is 11.1. The molecule has 0 unspecified atom stereocenters. The van der Waals surface area contributed by atoms with Crippen molar-refractivity contribution in [1.29, 1.82) is 0 Å². The van der Waals surface area contributed by atoms with E-state index in [-0.39, 0.29) is 35.5 Å². The van der Waals surface area contributed by atoms with Gasteiger partial charge in [0.2, 0.25) is 0 Å². The number of esters is 1. The number of benzene rings is 2. The van der Waals surface area contributed by atoms with Crippen LogP contribution in [-0.2, 0) is 14.3 Å². The first-order chi connectivity index (χ1) is 16.4. The molecule has 0 saturated heterocycles. The SMILES string of the molecule is COc1cc([C@@H]2C(C(=O)OCCOc3ccccc3)=C(C)NC3=C2C(=O)CCC3)cc(Cl)c1O. The number of allylic oxidation sites excluding steroid dienone is 3. The number of hydrogen-bond donors (Lipinski definition) is 2. The summed E-state index contributed by atoms with van der Waals surface area (Å²) in [5, 5.41) is 13.5. The third-order valence-corrected chi connectivity index (χ3v) is 6.22. The Morgan fingerprint density at radius 3 is 2.68 bits per heavy atom. The zero-order valence-corrected chi connectivity index (χ0v) is 19.8. The second kappa shape index (κ2) is 10.2. The van der Waals surface area contributed by atoms with Crippen molar-refractivity contribution in [3.8, 4) is 17.2 Å². The smallest absolute Gasteiger partial charge is 0.336 e. The van der Waals surface area contributed by atoms with Crippen LogP contribution in [0.5, 0.6) is 17.2 Å². The number of dihydropyridines is 1. The number of methoxy groups -OCH3 is 1. The van der Waals surface area contributed by atoms with Crippen LogP contribution in [0.3, 0.4) is 0 Å². The summed E-state index contributed by atoms with van der Waals surface area (Å²) in [4.78, 5) is 26.3. The van der Waals surface area contributed by atoms with Crippen LogP contribution in [0.2, 0.25) is 5.02 Å². The Kier molecular flexibility index (Phi) is 7.12. The predicted molar refractivity (Wildman–Crippen MR) is 127 cm³/mol.